The Kier molecular flexibility index (Phi) is 2.68. The molecule has 0 fully saturated rings. The van der Waals surface area contributed by atoms with Gasteiger partial charge >= 0.3 is 0 Å². The lowest BCUT2D eigenvalue weighted by Crippen LogP contribution is -1.99. The van der Waals surface area contributed by atoms with Crippen molar-refractivity contribution in [3.63, 3.8) is 0 Å². The van der Waals surface area contributed by atoms with Crippen molar-refractivity contribution < 1.29 is 4.79 Å². The summed E-state index contributed by atoms with van der Waals surface area (Å²) in [5.74, 6) is -0.0628. The third-order valence-corrected chi connectivity index (χ3v) is 1.23. The van der Waals surface area contributed by atoms with Gasteiger partial charge in [0.2, 0.25) is 11.6 Å². The summed E-state index contributed by atoms with van der Waals surface area (Å²) >= 11 is 0. The van der Waals surface area contributed by atoms with E-state index in [0.29, 0.717) is 0 Å². The summed E-state index contributed by atoms with van der Waals surface area (Å²) in [6, 6.07) is 0. The summed E-state index contributed by atoms with van der Waals surface area (Å²) in [7, 11) is 1.62. The molecule has 0 amide bonds. The first-order valence-corrected chi connectivity index (χ1v) is 3.69. The van der Waals surface area contributed by atoms with Crippen LogP contribution in [-0.2, 0) is 7.05 Å². The number of tetrazole rings is 1. The highest BCUT2D eigenvalue weighted by atomic mass is 16.1. The molecule has 0 saturated heterocycles. The second-order valence-corrected chi connectivity index (χ2v) is 2.28. The third-order valence-electron chi connectivity index (χ3n) is 1.23. The maximum atomic E-state index is 11.2. The molecule has 0 saturated carbocycles. The van der Waals surface area contributed by atoms with Gasteiger partial charge in [-0.2, -0.15) is 4.80 Å². The van der Waals surface area contributed by atoms with Crippen LogP contribution in [0.1, 0.15) is 24.0 Å². The molecule has 0 aromatic carbocycles. The predicted molar refractivity (Wildman–Crippen MR) is 42.6 cm³/mol. The molecule has 0 aliphatic rings. The molecule has 0 atom stereocenters. The standard InChI is InChI=1S/C7H10N4O/c1-3-4-5-6(12)7-8-10-11(2)9-7/h4-5H,3H2,1-2H3/b5-4+. The fourth-order valence-corrected chi connectivity index (χ4v) is 0.682. The van der Waals surface area contributed by atoms with Crippen molar-refractivity contribution >= 4 is 5.78 Å². The Bertz CT molecular complexity index is 302. The molecule has 12 heavy (non-hydrogen) atoms. The molecule has 64 valence electrons. The Hall–Kier alpha value is -1.52. The Morgan fingerprint density at radius 3 is 2.92 bits per heavy atom. The molecule has 1 heterocycles. The topological polar surface area (TPSA) is 60.7 Å². The van der Waals surface area contributed by atoms with Gasteiger partial charge in [-0.1, -0.05) is 13.0 Å². The molecule has 1 rings (SSSR count). The Morgan fingerprint density at radius 1 is 1.67 bits per heavy atom. The van der Waals surface area contributed by atoms with Gasteiger partial charge in [0.15, 0.2) is 0 Å². The van der Waals surface area contributed by atoms with Crippen molar-refractivity contribution in [2.24, 2.45) is 7.05 Å². The molecule has 0 aliphatic carbocycles. The number of hydrogen-bond donors (Lipinski definition) is 0. The lowest BCUT2D eigenvalue weighted by Gasteiger charge is -1.82. The highest BCUT2D eigenvalue weighted by Gasteiger charge is 2.06. The predicted octanol–water partition coefficient (Wildman–Crippen LogP) is 0.359. The highest BCUT2D eigenvalue weighted by Crippen LogP contribution is 1.91. The summed E-state index contributed by atoms with van der Waals surface area (Å²) in [4.78, 5) is 12.4. The number of rotatable bonds is 3. The zero-order chi connectivity index (χ0) is 8.97. The van der Waals surface area contributed by atoms with Gasteiger partial charge in [-0.05, 0) is 17.7 Å². The summed E-state index contributed by atoms with van der Waals surface area (Å²) in [6.45, 7) is 1.95. The Labute approximate surface area is 70.1 Å². The van der Waals surface area contributed by atoms with Crippen LogP contribution in [0, 0.1) is 0 Å². The minimum Gasteiger partial charge on any atom is -0.286 e. The summed E-state index contributed by atoms with van der Waals surface area (Å²) in [6.07, 6.45) is 4.04. The smallest absolute Gasteiger partial charge is 0.244 e. The number of nitrogens with zero attached hydrogens (tertiary/aromatic N) is 4. The molecular weight excluding hydrogens is 156 g/mol. The molecule has 0 unspecified atom stereocenters. The number of ketones is 1. The van der Waals surface area contributed by atoms with Crippen LogP contribution in [0.15, 0.2) is 12.2 Å². The Morgan fingerprint density at radius 2 is 2.42 bits per heavy atom. The average Bonchev–Trinajstić information content (AvgIpc) is 2.47. The molecular formula is C7H10N4O. The van der Waals surface area contributed by atoms with Crippen LogP contribution in [0.5, 0.6) is 0 Å². The second kappa shape index (κ2) is 3.75. The minimum atomic E-state index is -0.204. The van der Waals surface area contributed by atoms with E-state index in [9.17, 15) is 4.79 Å². The van der Waals surface area contributed by atoms with Gasteiger partial charge in [-0.3, -0.25) is 4.79 Å². The number of carbonyl (C=O) groups excluding carboxylic acids is 1. The van der Waals surface area contributed by atoms with Gasteiger partial charge in [0.1, 0.15) is 0 Å². The molecule has 5 heteroatoms. The first-order valence-electron chi connectivity index (χ1n) is 3.69. The lowest BCUT2D eigenvalue weighted by molar-refractivity contribution is 0.103. The van der Waals surface area contributed by atoms with Crippen molar-refractivity contribution in [3.8, 4) is 0 Å². The first kappa shape index (κ1) is 8.58. The summed E-state index contributed by atoms with van der Waals surface area (Å²) in [5.41, 5.74) is 0. The van der Waals surface area contributed by atoms with Crippen molar-refractivity contribution in [2.45, 2.75) is 13.3 Å². The molecule has 0 aliphatic heterocycles. The summed E-state index contributed by atoms with van der Waals surface area (Å²) in [5, 5.41) is 10.9. The largest absolute Gasteiger partial charge is 0.286 e. The normalized spacial score (nSPS) is 10.8. The van der Waals surface area contributed by atoms with Crippen LogP contribution < -0.4 is 0 Å². The number of carbonyl (C=O) groups is 1. The maximum absolute atomic E-state index is 11.2. The number of allylic oxidation sites excluding steroid dienone is 2. The van der Waals surface area contributed by atoms with Crippen LogP contribution >= 0.6 is 0 Å². The molecule has 0 N–H and O–H groups in total. The van der Waals surface area contributed by atoms with E-state index in [0.717, 1.165) is 6.42 Å². The van der Waals surface area contributed by atoms with Gasteiger partial charge < -0.3 is 0 Å². The number of aryl methyl sites for hydroxylation is 1. The molecule has 5 nitrogen and oxygen atoms in total. The van der Waals surface area contributed by atoms with Gasteiger partial charge in [0.05, 0.1) is 7.05 Å². The van der Waals surface area contributed by atoms with Crippen molar-refractivity contribution in [2.75, 3.05) is 0 Å². The minimum absolute atomic E-state index is 0.141. The zero-order valence-corrected chi connectivity index (χ0v) is 7.06. The fourth-order valence-electron chi connectivity index (χ4n) is 0.682. The number of hydrogen-bond acceptors (Lipinski definition) is 4. The summed E-state index contributed by atoms with van der Waals surface area (Å²) < 4.78 is 0. The van der Waals surface area contributed by atoms with E-state index in [2.05, 4.69) is 15.4 Å². The van der Waals surface area contributed by atoms with Crippen LogP contribution in [0.25, 0.3) is 0 Å². The van der Waals surface area contributed by atoms with Crippen molar-refractivity contribution in [1.82, 2.24) is 20.2 Å². The maximum Gasteiger partial charge on any atom is 0.244 e. The van der Waals surface area contributed by atoms with E-state index in [1.54, 1.807) is 13.1 Å². The van der Waals surface area contributed by atoms with E-state index >= 15 is 0 Å². The van der Waals surface area contributed by atoms with Crippen LogP contribution in [0.2, 0.25) is 0 Å². The van der Waals surface area contributed by atoms with E-state index in [1.165, 1.54) is 10.9 Å². The van der Waals surface area contributed by atoms with E-state index in [4.69, 9.17) is 0 Å². The van der Waals surface area contributed by atoms with Gasteiger partial charge in [0.25, 0.3) is 0 Å². The molecule has 1 aromatic rings. The molecule has 0 bridgehead atoms. The SMILES string of the molecule is CC/C=C/C(=O)c1nnn(C)n1. The second-order valence-electron chi connectivity index (χ2n) is 2.28. The lowest BCUT2D eigenvalue weighted by atomic mass is 10.3. The van der Waals surface area contributed by atoms with E-state index in [-0.39, 0.29) is 11.6 Å². The van der Waals surface area contributed by atoms with Gasteiger partial charge in [-0.25, -0.2) is 0 Å². The van der Waals surface area contributed by atoms with Crippen LogP contribution in [0.3, 0.4) is 0 Å². The molecule has 0 radical (unpaired) electrons. The Balaban J connectivity index is 2.72. The fraction of sp³-hybridized carbons (Fsp3) is 0.429. The van der Waals surface area contributed by atoms with Crippen molar-refractivity contribution in [1.29, 1.82) is 0 Å². The molecule has 1 aromatic heterocycles. The third kappa shape index (κ3) is 1.98. The van der Waals surface area contributed by atoms with Gasteiger partial charge in [-0.15, -0.1) is 10.2 Å². The van der Waals surface area contributed by atoms with Crippen LogP contribution in [-0.4, -0.2) is 26.0 Å². The average molecular weight is 166 g/mol. The van der Waals surface area contributed by atoms with Crippen molar-refractivity contribution in [3.05, 3.63) is 18.0 Å². The quantitative estimate of drug-likeness (QED) is 0.480. The molecule has 0 spiro atoms. The highest BCUT2D eigenvalue weighted by molar-refractivity contribution is 6.01. The monoisotopic (exact) mass is 166 g/mol. The van der Waals surface area contributed by atoms with E-state index < -0.39 is 0 Å². The van der Waals surface area contributed by atoms with E-state index in [1.807, 2.05) is 6.92 Å². The van der Waals surface area contributed by atoms with Crippen LogP contribution in [0.4, 0.5) is 0 Å². The number of aromatic nitrogens is 4. The first-order chi connectivity index (χ1) is 5.74. The zero-order valence-electron chi connectivity index (χ0n) is 7.06. The van der Waals surface area contributed by atoms with Gasteiger partial charge in [0, 0.05) is 0 Å².